The van der Waals surface area contributed by atoms with Crippen LogP contribution in [0.4, 0.5) is 0 Å². The monoisotopic (exact) mass is 222 g/mol. The van der Waals surface area contributed by atoms with Crippen molar-refractivity contribution in [2.45, 2.75) is 64.9 Å². The molecule has 2 rings (SSSR count). The molecule has 0 amide bonds. The van der Waals surface area contributed by atoms with Crippen LogP contribution in [-0.4, -0.2) is 10.7 Å². The predicted octanol–water partition coefficient (Wildman–Crippen LogP) is 3.92. The van der Waals surface area contributed by atoms with Crippen molar-refractivity contribution in [3.8, 4) is 0 Å². The van der Waals surface area contributed by atoms with Gasteiger partial charge in [-0.1, -0.05) is 46.6 Å². The van der Waals surface area contributed by atoms with E-state index in [9.17, 15) is 5.11 Å². The molecule has 92 valence electrons. The zero-order chi connectivity index (χ0) is 12.0. The SMILES string of the molecule is C=C1C(C)(C)[C@@H]2CC[C@@]1(O)[C@H]2CCCCC. The van der Waals surface area contributed by atoms with E-state index < -0.39 is 5.60 Å². The maximum absolute atomic E-state index is 10.8. The van der Waals surface area contributed by atoms with Gasteiger partial charge in [0.2, 0.25) is 0 Å². The van der Waals surface area contributed by atoms with E-state index in [2.05, 4.69) is 27.4 Å². The maximum Gasteiger partial charge on any atom is 0.0890 e. The number of rotatable bonds is 4. The van der Waals surface area contributed by atoms with Crippen molar-refractivity contribution in [2.24, 2.45) is 17.3 Å². The van der Waals surface area contributed by atoms with Gasteiger partial charge in [-0.15, -0.1) is 0 Å². The normalized spacial score (nSPS) is 40.6. The molecule has 0 saturated heterocycles. The molecular weight excluding hydrogens is 196 g/mol. The number of aliphatic hydroxyl groups is 1. The van der Waals surface area contributed by atoms with Gasteiger partial charge in [0.15, 0.2) is 0 Å². The maximum atomic E-state index is 10.8. The molecule has 16 heavy (non-hydrogen) atoms. The minimum absolute atomic E-state index is 0.157. The molecule has 0 spiro atoms. The standard InChI is InChI=1S/C15H26O/c1-5-6-7-8-13-12-9-10-15(13,16)11(2)14(12,3)4/h12-13,16H,2,5-10H2,1,3-4H3/t12-,13+,15+/m1/s1. The van der Waals surface area contributed by atoms with E-state index in [1.807, 2.05) is 0 Å². The highest BCUT2D eigenvalue weighted by Crippen LogP contribution is 2.64. The molecule has 2 aliphatic carbocycles. The van der Waals surface area contributed by atoms with Gasteiger partial charge in [0.1, 0.15) is 0 Å². The fourth-order valence-electron chi connectivity index (χ4n) is 4.17. The summed E-state index contributed by atoms with van der Waals surface area (Å²) in [5, 5.41) is 10.8. The number of unbranched alkanes of at least 4 members (excludes halogenated alkanes) is 2. The highest BCUT2D eigenvalue weighted by Gasteiger charge is 2.62. The Morgan fingerprint density at radius 2 is 2.06 bits per heavy atom. The van der Waals surface area contributed by atoms with Crippen molar-refractivity contribution in [3.63, 3.8) is 0 Å². The van der Waals surface area contributed by atoms with Gasteiger partial charge in [-0.2, -0.15) is 0 Å². The molecule has 2 saturated carbocycles. The molecule has 3 atom stereocenters. The average molecular weight is 222 g/mol. The van der Waals surface area contributed by atoms with Crippen molar-refractivity contribution < 1.29 is 5.11 Å². The van der Waals surface area contributed by atoms with Crippen molar-refractivity contribution in [1.29, 1.82) is 0 Å². The topological polar surface area (TPSA) is 20.2 Å². The lowest BCUT2D eigenvalue weighted by Gasteiger charge is -2.34. The lowest BCUT2D eigenvalue weighted by Crippen LogP contribution is -2.34. The van der Waals surface area contributed by atoms with Crippen LogP contribution in [0.25, 0.3) is 0 Å². The first kappa shape index (κ1) is 12.2. The third-order valence-corrected chi connectivity index (χ3v) is 5.28. The fourth-order valence-corrected chi connectivity index (χ4v) is 4.17. The van der Waals surface area contributed by atoms with Crippen LogP contribution >= 0.6 is 0 Å². The Labute approximate surface area is 99.9 Å². The summed E-state index contributed by atoms with van der Waals surface area (Å²) < 4.78 is 0. The largest absolute Gasteiger partial charge is 0.385 e. The van der Waals surface area contributed by atoms with E-state index in [0.29, 0.717) is 11.8 Å². The summed E-state index contributed by atoms with van der Waals surface area (Å²) >= 11 is 0. The molecule has 1 N–H and O–H groups in total. The number of fused-ring (bicyclic) bond motifs is 2. The summed E-state index contributed by atoms with van der Waals surface area (Å²) in [7, 11) is 0. The summed E-state index contributed by atoms with van der Waals surface area (Å²) in [5.74, 6) is 1.16. The minimum atomic E-state index is -0.526. The van der Waals surface area contributed by atoms with Gasteiger partial charge in [-0.3, -0.25) is 0 Å². The summed E-state index contributed by atoms with van der Waals surface area (Å²) in [5.41, 5.74) is 0.740. The van der Waals surface area contributed by atoms with Gasteiger partial charge in [-0.05, 0) is 42.1 Å². The Kier molecular flexibility index (Phi) is 2.94. The molecule has 2 bridgehead atoms. The molecule has 0 radical (unpaired) electrons. The third kappa shape index (κ3) is 1.48. The molecule has 2 aliphatic rings. The predicted molar refractivity (Wildman–Crippen MR) is 68.2 cm³/mol. The first-order valence-electron chi connectivity index (χ1n) is 6.87. The van der Waals surface area contributed by atoms with Crippen LogP contribution in [0.1, 0.15) is 59.3 Å². The molecule has 0 aliphatic heterocycles. The Bertz CT molecular complexity index is 292. The van der Waals surface area contributed by atoms with Crippen LogP contribution in [0.2, 0.25) is 0 Å². The summed E-state index contributed by atoms with van der Waals surface area (Å²) in [6.07, 6.45) is 7.17. The Morgan fingerprint density at radius 1 is 1.38 bits per heavy atom. The van der Waals surface area contributed by atoms with Gasteiger partial charge < -0.3 is 5.11 Å². The molecule has 0 unspecified atom stereocenters. The van der Waals surface area contributed by atoms with Crippen molar-refractivity contribution >= 4 is 0 Å². The van der Waals surface area contributed by atoms with E-state index in [1.54, 1.807) is 0 Å². The Balaban J connectivity index is 2.13. The molecule has 0 heterocycles. The summed E-state index contributed by atoms with van der Waals surface area (Å²) in [6, 6.07) is 0. The van der Waals surface area contributed by atoms with Crippen LogP contribution in [0, 0.1) is 17.3 Å². The van der Waals surface area contributed by atoms with Gasteiger partial charge in [-0.25, -0.2) is 0 Å². The van der Waals surface area contributed by atoms with Crippen molar-refractivity contribution in [2.75, 3.05) is 0 Å². The zero-order valence-corrected chi connectivity index (χ0v) is 11.1. The Morgan fingerprint density at radius 3 is 2.56 bits per heavy atom. The van der Waals surface area contributed by atoms with Crippen molar-refractivity contribution in [1.82, 2.24) is 0 Å². The van der Waals surface area contributed by atoms with Crippen LogP contribution in [0.5, 0.6) is 0 Å². The highest BCUT2D eigenvalue weighted by atomic mass is 16.3. The van der Waals surface area contributed by atoms with Crippen LogP contribution < -0.4 is 0 Å². The zero-order valence-electron chi connectivity index (χ0n) is 11.1. The van der Waals surface area contributed by atoms with Crippen molar-refractivity contribution in [3.05, 3.63) is 12.2 Å². The lowest BCUT2D eigenvalue weighted by atomic mass is 9.72. The molecular formula is C15H26O. The van der Waals surface area contributed by atoms with Crippen LogP contribution in [0.15, 0.2) is 12.2 Å². The second-order valence-electron chi connectivity index (χ2n) is 6.37. The first-order chi connectivity index (χ1) is 7.44. The highest BCUT2D eigenvalue weighted by molar-refractivity contribution is 5.34. The van der Waals surface area contributed by atoms with Gasteiger partial charge in [0.25, 0.3) is 0 Å². The van der Waals surface area contributed by atoms with Gasteiger partial charge >= 0.3 is 0 Å². The van der Waals surface area contributed by atoms with E-state index >= 15 is 0 Å². The molecule has 1 heteroatoms. The van der Waals surface area contributed by atoms with Crippen LogP contribution in [-0.2, 0) is 0 Å². The number of hydrogen-bond acceptors (Lipinski definition) is 1. The lowest BCUT2D eigenvalue weighted by molar-refractivity contribution is 0.0439. The van der Waals surface area contributed by atoms with E-state index in [1.165, 1.54) is 32.1 Å². The van der Waals surface area contributed by atoms with E-state index in [-0.39, 0.29) is 5.41 Å². The van der Waals surface area contributed by atoms with Gasteiger partial charge in [0.05, 0.1) is 5.60 Å². The summed E-state index contributed by atoms with van der Waals surface area (Å²) in [4.78, 5) is 0. The van der Waals surface area contributed by atoms with Crippen LogP contribution in [0.3, 0.4) is 0 Å². The first-order valence-corrected chi connectivity index (χ1v) is 6.87. The van der Waals surface area contributed by atoms with E-state index in [0.717, 1.165) is 12.0 Å². The smallest absolute Gasteiger partial charge is 0.0890 e. The number of hydrogen-bond donors (Lipinski definition) is 1. The molecule has 0 aromatic heterocycles. The summed E-state index contributed by atoms with van der Waals surface area (Å²) in [6.45, 7) is 11.0. The minimum Gasteiger partial charge on any atom is -0.385 e. The molecule has 0 aromatic carbocycles. The molecule has 2 fully saturated rings. The van der Waals surface area contributed by atoms with Gasteiger partial charge in [0, 0.05) is 0 Å². The third-order valence-electron chi connectivity index (χ3n) is 5.28. The second kappa shape index (κ2) is 3.87. The quantitative estimate of drug-likeness (QED) is 0.564. The van der Waals surface area contributed by atoms with E-state index in [4.69, 9.17) is 0 Å². The second-order valence-corrected chi connectivity index (χ2v) is 6.37. The molecule has 1 nitrogen and oxygen atoms in total. The Hall–Kier alpha value is -0.300. The molecule has 0 aromatic rings. The average Bonchev–Trinajstić information content (AvgIpc) is 2.62. The fraction of sp³-hybridized carbons (Fsp3) is 0.867.